The molecule has 0 radical (unpaired) electrons. The molecule has 0 aliphatic carbocycles. The van der Waals surface area contributed by atoms with Crippen molar-refractivity contribution < 1.29 is 4.74 Å². The quantitative estimate of drug-likeness (QED) is 0.696. The highest BCUT2D eigenvalue weighted by Gasteiger charge is 2.22. The third kappa shape index (κ3) is 1.59. The second-order valence-corrected chi connectivity index (χ2v) is 4.91. The highest BCUT2D eigenvalue weighted by molar-refractivity contribution is 9.11. The van der Waals surface area contributed by atoms with E-state index in [9.17, 15) is 0 Å². The van der Waals surface area contributed by atoms with Gasteiger partial charge in [-0.05, 0) is 28.1 Å². The van der Waals surface area contributed by atoms with E-state index in [1.54, 1.807) is 11.3 Å². The molecule has 1 fully saturated rings. The SMILES string of the molecule is Brc1ccc(CC2CO2)s1. The van der Waals surface area contributed by atoms with Crippen LogP contribution in [-0.2, 0) is 11.2 Å². The largest absolute Gasteiger partial charge is 0.373 e. The maximum atomic E-state index is 5.11. The van der Waals surface area contributed by atoms with Gasteiger partial charge in [-0.3, -0.25) is 0 Å². The molecule has 0 N–H and O–H groups in total. The summed E-state index contributed by atoms with van der Waals surface area (Å²) in [5.41, 5.74) is 0. The Bertz CT molecular complexity index is 229. The zero-order chi connectivity index (χ0) is 6.97. The van der Waals surface area contributed by atoms with Crippen LogP contribution in [0.1, 0.15) is 4.88 Å². The lowest BCUT2D eigenvalue weighted by atomic mass is 10.3. The fourth-order valence-corrected chi connectivity index (χ4v) is 2.42. The monoisotopic (exact) mass is 218 g/mol. The minimum atomic E-state index is 0.519. The molecule has 2 heterocycles. The van der Waals surface area contributed by atoms with Crippen LogP contribution < -0.4 is 0 Å². The number of hydrogen-bond acceptors (Lipinski definition) is 2. The third-order valence-electron chi connectivity index (χ3n) is 1.46. The molecule has 1 aromatic heterocycles. The Balaban J connectivity index is 2.03. The van der Waals surface area contributed by atoms with Gasteiger partial charge in [0.2, 0.25) is 0 Å². The number of hydrogen-bond donors (Lipinski definition) is 0. The molecule has 54 valence electrons. The van der Waals surface area contributed by atoms with E-state index in [-0.39, 0.29) is 0 Å². The van der Waals surface area contributed by atoms with E-state index in [4.69, 9.17) is 4.74 Å². The summed E-state index contributed by atoms with van der Waals surface area (Å²) in [5.74, 6) is 0. The first-order valence-electron chi connectivity index (χ1n) is 3.20. The van der Waals surface area contributed by atoms with Gasteiger partial charge in [0.25, 0.3) is 0 Å². The normalized spacial score (nSPS) is 23.1. The first kappa shape index (κ1) is 6.83. The van der Waals surface area contributed by atoms with Gasteiger partial charge in [-0.25, -0.2) is 0 Å². The second kappa shape index (κ2) is 2.64. The molecule has 0 spiro atoms. The first-order valence-corrected chi connectivity index (χ1v) is 4.81. The minimum absolute atomic E-state index is 0.519. The molecule has 0 bridgehead atoms. The lowest BCUT2D eigenvalue weighted by Gasteiger charge is -1.86. The summed E-state index contributed by atoms with van der Waals surface area (Å²) < 4.78 is 6.32. The Hall–Kier alpha value is 0.140. The molecule has 1 nitrogen and oxygen atoms in total. The number of ether oxygens (including phenoxy) is 1. The average molecular weight is 219 g/mol. The van der Waals surface area contributed by atoms with Crippen molar-refractivity contribution in [3.05, 3.63) is 20.8 Å². The molecule has 2 rings (SSSR count). The molecule has 1 unspecified atom stereocenters. The van der Waals surface area contributed by atoms with Crippen molar-refractivity contribution in [2.24, 2.45) is 0 Å². The van der Waals surface area contributed by atoms with Gasteiger partial charge in [-0.2, -0.15) is 0 Å². The van der Waals surface area contributed by atoms with Crippen molar-refractivity contribution >= 4 is 27.3 Å². The topological polar surface area (TPSA) is 12.5 Å². The van der Waals surface area contributed by atoms with Crippen molar-refractivity contribution in [1.29, 1.82) is 0 Å². The van der Waals surface area contributed by atoms with E-state index >= 15 is 0 Å². The van der Waals surface area contributed by atoms with E-state index < -0.39 is 0 Å². The van der Waals surface area contributed by atoms with Crippen molar-refractivity contribution in [2.45, 2.75) is 12.5 Å². The molecule has 0 amide bonds. The van der Waals surface area contributed by atoms with Crippen molar-refractivity contribution in [3.63, 3.8) is 0 Å². The second-order valence-electron chi connectivity index (χ2n) is 2.37. The van der Waals surface area contributed by atoms with Crippen LogP contribution in [0.25, 0.3) is 0 Å². The summed E-state index contributed by atoms with van der Waals surface area (Å²) in [4.78, 5) is 1.41. The molecular formula is C7H7BrOS. The number of rotatable bonds is 2. The van der Waals surface area contributed by atoms with Gasteiger partial charge in [0.1, 0.15) is 0 Å². The van der Waals surface area contributed by atoms with Gasteiger partial charge in [-0.1, -0.05) is 0 Å². The maximum Gasteiger partial charge on any atom is 0.0858 e. The predicted molar refractivity (Wildman–Crippen MR) is 45.5 cm³/mol. The van der Waals surface area contributed by atoms with Crippen molar-refractivity contribution in [1.82, 2.24) is 0 Å². The summed E-state index contributed by atoms with van der Waals surface area (Å²) in [6.45, 7) is 0.954. The Labute approximate surface area is 72.1 Å². The highest BCUT2D eigenvalue weighted by atomic mass is 79.9. The molecular weight excluding hydrogens is 212 g/mol. The zero-order valence-corrected chi connectivity index (χ0v) is 7.74. The van der Waals surface area contributed by atoms with Crippen LogP contribution in [-0.4, -0.2) is 12.7 Å². The molecule has 1 saturated heterocycles. The van der Waals surface area contributed by atoms with Crippen molar-refractivity contribution in [3.8, 4) is 0 Å². The van der Waals surface area contributed by atoms with Crippen LogP contribution >= 0.6 is 27.3 Å². The van der Waals surface area contributed by atoms with E-state index in [1.807, 2.05) is 0 Å². The Morgan fingerprint density at radius 1 is 1.70 bits per heavy atom. The van der Waals surface area contributed by atoms with Gasteiger partial charge in [-0.15, -0.1) is 11.3 Å². The van der Waals surface area contributed by atoms with Gasteiger partial charge in [0, 0.05) is 11.3 Å². The van der Waals surface area contributed by atoms with E-state index in [2.05, 4.69) is 28.1 Å². The van der Waals surface area contributed by atoms with Crippen molar-refractivity contribution in [2.75, 3.05) is 6.61 Å². The van der Waals surface area contributed by atoms with E-state index in [0.29, 0.717) is 6.10 Å². The van der Waals surface area contributed by atoms with Crippen LogP contribution in [0.2, 0.25) is 0 Å². The zero-order valence-electron chi connectivity index (χ0n) is 5.34. The highest BCUT2D eigenvalue weighted by Crippen LogP contribution is 2.26. The fourth-order valence-electron chi connectivity index (χ4n) is 0.872. The predicted octanol–water partition coefficient (Wildman–Crippen LogP) is 2.45. The van der Waals surface area contributed by atoms with Crippen LogP contribution in [0.3, 0.4) is 0 Å². The smallest absolute Gasteiger partial charge is 0.0858 e. The molecule has 1 atom stereocenters. The number of epoxide rings is 1. The fraction of sp³-hybridized carbons (Fsp3) is 0.429. The summed E-state index contributed by atoms with van der Waals surface area (Å²) in [7, 11) is 0. The molecule has 1 aliphatic heterocycles. The van der Waals surface area contributed by atoms with Crippen LogP contribution in [0.4, 0.5) is 0 Å². The molecule has 10 heavy (non-hydrogen) atoms. The van der Waals surface area contributed by atoms with E-state index in [1.165, 1.54) is 8.66 Å². The van der Waals surface area contributed by atoms with Gasteiger partial charge in [0.15, 0.2) is 0 Å². The Kier molecular flexibility index (Phi) is 1.80. The maximum absolute atomic E-state index is 5.11. The van der Waals surface area contributed by atoms with Gasteiger partial charge < -0.3 is 4.74 Å². The molecule has 1 aliphatic rings. The van der Waals surface area contributed by atoms with Crippen LogP contribution in [0, 0.1) is 0 Å². The lowest BCUT2D eigenvalue weighted by molar-refractivity contribution is 0.408. The van der Waals surface area contributed by atoms with Crippen LogP contribution in [0.15, 0.2) is 15.9 Å². The summed E-state index contributed by atoms with van der Waals surface area (Å²) in [6, 6.07) is 4.23. The summed E-state index contributed by atoms with van der Waals surface area (Å²) in [5, 5.41) is 0. The minimum Gasteiger partial charge on any atom is -0.373 e. The molecule has 3 heteroatoms. The summed E-state index contributed by atoms with van der Waals surface area (Å²) >= 11 is 5.21. The van der Waals surface area contributed by atoms with E-state index in [0.717, 1.165) is 13.0 Å². The molecule has 1 aromatic rings. The summed E-state index contributed by atoms with van der Waals surface area (Å²) in [6.07, 6.45) is 1.61. The first-order chi connectivity index (χ1) is 4.84. The van der Waals surface area contributed by atoms with Crippen LogP contribution in [0.5, 0.6) is 0 Å². The van der Waals surface area contributed by atoms with Gasteiger partial charge >= 0.3 is 0 Å². The molecule has 0 saturated carbocycles. The Morgan fingerprint density at radius 2 is 2.50 bits per heavy atom. The average Bonchev–Trinajstić information content (AvgIpc) is 2.59. The number of halogens is 1. The standard InChI is InChI=1S/C7H7BrOS/c8-7-2-1-6(10-7)3-5-4-9-5/h1-2,5H,3-4H2. The lowest BCUT2D eigenvalue weighted by Crippen LogP contribution is -1.87. The Morgan fingerprint density at radius 3 is 3.00 bits per heavy atom. The number of thiophene rings is 1. The van der Waals surface area contributed by atoms with Gasteiger partial charge in [0.05, 0.1) is 16.5 Å². The third-order valence-corrected chi connectivity index (χ3v) is 3.11. The molecule has 0 aromatic carbocycles.